The van der Waals surface area contributed by atoms with Crippen LogP contribution in [0.4, 0.5) is 4.39 Å². The Bertz CT molecular complexity index is 682. The molecule has 1 aromatic carbocycles. The third kappa shape index (κ3) is 4.53. The number of likely N-dealkylation sites (tertiary alicyclic amines) is 1. The molecule has 0 aromatic heterocycles. The molecule has 0 unspecified atom stereocenters. The van der Waals surface area contributed by atoms with Crippen LogP contribution in [0.5, 0.6) is 0 Å². The molecule has 2 atom stereocenters. The van der Waals surface area contributed by atoms with Crippen molar-refractivity contribution in [2.45, 2.75) is 43.9 Å². The highest BCUT2D eigenvalue weighted by Crippen LogP contribution is 2.37. The molecule has 1 N–H and O–H groups in total. The topological polar surface area (TPSA) is 58.6 Å². The Morgan fingerprint density at radius 2 is 2.17 bits per heavy atom. The largest absolute Gasteiger partial charge is 0.369 e. The summed E-state index contributed by atoms with van der Waals surface area (Å²) in [6.07, 6.45) is 4.88. The molecule has 1 aromatic rings. The zero-order valence-electron chi connectivity index (χ0n) is 14.0. The number of nitrogens with zero attached hydrogens (tertiary/aromatic N) is 1. The maximum Gasteiger partial charge on any atom is 0.208 e. The molecule has 2 saturated heterocycles. The zero-order chi connectivity index (χ0) is 17.2. The van der Waals surface area contributed by atoms with Gasteiger partial charge in [-0.15, -0.1) is 0 Å². The van der Waals surface area contributed by atoms with Crippen molar-refractivity contribution in [3.63, 3.8) is 0 Å². The lowest BCUT2D eigenvalue weighted by atomic mass is 9.90. The zero-order valence-corrected chi connectivity index (χ0v) is 14.8. The van der Waals surface area contributed by atoms with Gasteiger partial charge in [0.15, 0.2) is 0 Å². The summed E-state index contributed by atoms with van der Waals surface area (Å²) in [5.41, 5.74) is 0.494. The molecule has 2 aliphatic heterocycles. The van der Waals surface area contributed by atoms with Crippen LogP contribution in [-0.4, -0.2) is 50.9 Å². The lowest BCUT2D eigenvalue weighted by Gasteiger charge is -2.38. The number of sulfonamides is 1. The van der Waals surface area contributed by atoms with E-state index in [1.54, 1.807) is 6.07 Å². The molecule has 1 spiro atoms. The average Bonchev–Trinajstić information content (AvgIpc) is 2.89. The van der Waals surface area contributed by atoms with Gasteiger partial charge in [0.2, 0.25) is 10.0 Å². The van der Waals surface area contributed by atoms with E-state index in [1.807, 2.05) is 12.1 Å². The summed E-state index contributed by atoms with van der Waals surface area (Å²) in [7, 11) is -3.20. The predicted octanol–water partition coefficient (Wildman–Crippen LogP) is 1.89. The van der Waals surface area contributed by atoms with E-state index in [0.29, 0.717) is 18.7 Å². The summed E-state index contributed by atoms with van der Waals surface area (Å²) in [5.74, 6) is -0.168. The molecule has 2 aliphatic rings. The molecule has 24 heavy (non-hydrogen) atoms. The smallest absolute Gasteiger partial charge is 0.208 e. The first-order valence-corrected chi connectivity index (χ1v) is 10.3. The minimum atomic E-state index is -3.20. The summed E-state index contributed by atoms with van der Waals surface area (Å²) >= 11 is 0. The SMILES string of the molecule is CS(=O)(=O)NC[C@@H]1CCC[C@@]2(CCN(Cc3ccccc3F)C2)O1. The standard InChI is InChI=1S/C17H25FN2O3S/c1-24(21,22)19-11-15-6-4-8-17(23-15)9-10-20(13-17)12-14-5-2-3-7-16(14)18/h2-3,5,7,15,19H,4,6,8-13H2,1H3/t15-,17-/m0/s1. The number of benzene rings is 1. The first-order chi connectivity index (χ1) is 11.4. The molecular formula is C17H25FN2O3S. The summed E-state index contributed by atoms with van der Waals surface area (Å²) < 4.78 is 45.2. The second kappa shape index (κ2) is 7.07. The van der Waals surface area contributed by atoms with Crippen LogP contribution in [0.2, 0.25) is 0 Å². The second-order valence-corrected chi connectivity index (χ2v) is 8.82. The normalized spacial score (nSPS) is 28.5. The number of ether oxygens (including phenoxy) is 1. The molecule has 0 saturated carbocycles. The van der Waals surface area contributed by atoms with E-state index in [4.69, 9.17) is 4.74 Å². The van der Waals surface area contributed by atoms with Crippen molar-refractivity contribution in [3.8, 4) is 0 Å². The van der Waals surface area contributed by atoms with E-state index in [1.165, 1.54) is 6.07 Å². The van der Waals surface area contributed by atoms with Crippen molar-refractivity contribution in [2.24, 2.45) is 0 Å². The molecule has 0 aliphatic carbocycles. The summed E-state index contributed by atoms with van der Waals surface area (Å²) in [4.78, 5) is 2.23. The maximum absolute atomic E-state index is 13.8. The van der Waals surface area contributed by atoms with Crippen molar-refractivity contribution in [3.05, 3.63) is 35.6 Å². The molecule has 134 valence electrons. The molecular weight excluding hydrogens is 331 g/mol. The van der Waals surface area contributed by atoms with E-state index >= 15 is 0 Å². The van der Waals surface area contributed by atoms with Gasteiger partial charge < -0.3 is 4.74 Å². The Hall–Kier alpha value is -1.02. The first-order valence-electron chi connectivity index (χ1n) is 8.43. The highest BCUT2D eigenvalue weighted by Gasteiger charge is 2.43. The second-order valence-electron chi connectivity index (χ2n) is 6.99. The van der Waals surface area contributed by atoms with Crippen molar-refractivity contribution in [1.82, 2.24) is 9.62 Å². The first kappa shape index (κ1) is 17.8. The van der Waals surface area contributed by atoms with Crippen LogP contribution in [0, 0.1) is 5.82 Å². The lowest BCUT2D eigenvalue weighted by Crippen LogP contribution is -2.46. The van der Waals surface area contributed by atoms with Crippen molar-refractivity contribution in [1.29, 1.82) is 0 Å². The van der Waals surface area contributed by atoms with Crippen LogP contribution in [0.25, 0.3) is 0 Å². The van der Waals surface area contributed by atoms with Gasteiger partial charge in [-0.25, -0.2) is 17.5 Å². The predicted molar refractivity (Wildman–Crippen MR) is 90.6 cm³/mol. The number of hydrogen-bond donors (Lipinski definition) is 1. The molecule has 0 amide bonds. The van der Waals surface area contributed by atoms with Crippen LogP contribution in [0.15, 0.2) is 24.3 Å². The summed E-state index contributed by atoms with van der Waals surface area (Å²) in [6, 6.07) is 6.87. The third-order valence-corrected chi connectivity index (χ3v) is 5.59. The van der Waals surface area contributed by atoms with Gasteiger partial charge in [-0.1, -0.05) is 18.2 Å². The van der Waals surface area contributed by atoms with Crippen molar-refractivity contribution < 1.29 is 17.5 Å². The Balaban J connectivity index is 1.58. The number of halogens is 1. The number of rotatable bonds is 5. The van der Waals surface area contributed by atoms with Gasteiger partial charge in [-0.05, 0) is 31.7 Å². The van der Waals surface area contributed by atoms with Gasteiger partial charge in [0.05, 0.1) is 18.0 Å². The molecule has 3 rings (SSSR count). The molecule has 2 fully saturated rings. The van der Waals surface area contributed by atoms with Gasteiger partial charge in [-0.3, -0.25) is 4.90 Å². The van der Waals surface area contributed by atoms with Crippen LogP contribution in [0.3, 0.4) is 0 Å². The monoisotopic (exact) mass is 356 g/mol. The van der Waals surface area contributed by atoms with Gasteiger partial charge in [-0.2, -0.15) is 0 Å². The van der Waals surface area contributed by atoms with Crippen LogP contribution in [0.1, 0.15) is 31.2 Å². The van der Waals surface area contributed by atoms with Crippen LogP contribution < -0.4 is 4.72 Å². The van der Waals surface area contributed by atoms with Crippen molar-refractivity contribution >= 4 is 10.0 Å². The molecule has 7 heteroatoms. The minimum Gasteiger partial charge on any atom is -0.369 e. The lowest BCUT2D eigenvalue weighted by molar-refractivity contribution is -0.118. The van der Waals surface area contributed by atoms with Gasteiger partial charge >= 0.3 is 0 Å². The Morgan fingerprint density at radius 1 is 1.38 bits per heavy atom. The van der Waals surface area contributed by atoms with Gasteiger partial charge in [0, 0.05) is 31.7 Å². The van der Waals surface area contributed by atoms with Crippen molar-refractivity contribution in [2.75, 3.05) is 25.9 Å². The molecule has 0 radical (unpaired) electrons. The van der Waals surface area contributed by atoms with E-state index in [-0.39, 0.29) is 17.5 Å². The third-order valence-electron chi connectivity index (χ3n) is 4.90. The van der Waals surface area contributed by atoms with Crippen LogP contribution in [-0.2, 0) is 21.3 Å². The highest BCUT2D eigenvalue weighted by atomic mass is 32.2. The maximum atomic E-state index is 13.8. The molecule has 0 bridgehead atoms. The van der Waals surface area contributed by atoms with Gasteiger partial charge in [0.1, 0.15) is 5.82 Å². The molecule has 5 nitrogen and oxygen atoms in total. The Morgan fingerprint density at radius 3 is 2.92 bits per heavy atom. The van der Waals surface area contributed by atoms with E-state index in [0.717, 1.165) is 45.0 Å². The number of nitrogens with one attached hydrogen (secondary N) is 1. The van der Waals surface area contributed by atoms with Crippen LogP contribution >= 0.6 is 0 Å². The number of hydrogen-bond acceptors (Lipinski definition) is 4. The van der Waals surface area contributed by atoms with E-state index in [9.17, 15) is 12.8 Å². The van der Waals surface area contributed by atoms with Gasteiger partial charge in [0.25, 0.3) is 0 Å². The summed E-state index contributed by atoms with van der Waals surface area (Å²) in [6.45, 7) is 2.56. The Kier molecular flexibility index (Phi) is 5.24. The average molecular weight is 356 g/mol. The fourth-order valence-corrected chi connectivity index (χ4v) is 4.23. The highest BCUT2D eigenvalue weighted by molar-refractivity contribution is 7.88. The fraction of sp³-hybridized carbons (Fsp3) is 0.647. The van der Waals surface area contributed by atoms with E-state index in [2.05, 4.69) is 9.62 Å². The van der Waals surface area contributed by atoms with E-state index < -0.39 is 10.0 Å². The minimum absolute atomic E-state index is 0.0816. The fourth-order valence-electron chi connectivity index (χ4n) is 3.74. The quantitative estimate of drug-likeness (QED) is 0.875. The Labute approximate surface area is 143 Å². The molecule has 2 heterocycles. The summed E-state index contributed by atoms with van der Waals surface area (Å²) in [5, 5.41) is 0.